The second kappa shape index (κ2) is 6.02. The number of benzene rings is 1. The van der Waals surface area contributed by atoms with Crippen molar-refractivity contribution in [1.82, 2.24) is 9.97 Å². The minimum atomic E-state index is 0.112. The van der Waals surface area contributed by atoms with Crippen molar-refractivity contribution in [2.45, 2.75) is 10.8 Å². The smallest absolute Gasteiger partial charge is 0.170 e. The number of oxime groups is 1. The van der Waals surface area contributed by atoms with E-state index in [2.05, 4.69) is 15.1 Å². The maximum atomic E-state index is 8.63. The minimum absolute atomic E-state index is 0.112. The Hall–Kier alpha value is -2.08. The van der Waals surface area contributed by atoms with Gasteiger partial charge in [-0.3, -0.25) is 4.98 Å². The third kappa shape index (κ3) is 3.21. The Kier molecular flexibility index (Phi) is 4.14. The fraction of sp³-hybridized carbons (Fsp3) is 0.0833. The quantitative estimate of drug-likeness (QED) is 0.288. The number of thioether (sulfide) groups is 1. The van der Waals surface area contributed by atoms with Crippen LogP contribution in [0.2, 0.25) is 0 Å². The van der Waals surface area contributed by atoms with Crippen LogP contribution in [0.4, 0.5) is 0 Å². The van der Waals surface area contributed by atoms with Crippen LogP contribution in [0.15, 0.2) is 53.0 Å². The molecule has 0 amide bonds. The van der Waals surface area contributed by atoms with Gasteiger partial charge >= 0.3 is 0 Å². The molecule has 0 aliphatic carbocycles. The maximum absolute atomic E-state index is 8.63. The second-order valence-electron chi connectivity index (χ2n) is 3.52. The summed E-state index contributed by atoms with van der Waals surface area (Å²) in [4.78, 5) is 8.18. The number of amidine groups is 1. The molecule has 0 saturated heterocycles. The molecule has 0 bridgehead atoms. The predicted octanol–water partition coefficient (Wildman–Crippen LogP) is 1.86. The molecule has 0 saturated carbocycles. The van der Waals surface area contributed by atoms with Crippen molar-refractivity contribution in [1.29, 1.82) is 0 Å². The summed E-state index contributed by atoms with van der Waals surface area (Å²) in [6, 6.07) is 7.54. The second-order valence-corrected chi connectivity index (χ2v) is 4.51. The number of nitrogens with zero attached hydrogens (tertiary/aromatic N) is 3. The molecule has 0 atom stereocenters. The zero-order chi connectivity index (χ0) is 12.8. The third-order valence-corrected chi connectivity index (χ3v) is 3.24. The molecule has 1 aromatic heterocycles. The van der Waals surface area contributed by atoms with E-state index < -0.39 is 0 Å². The highest BCUT2D eigenvalue weighted by molar-refractivity contribution is 7.98. The Morgan fingerprint density at radius 1 is 1.39 bits per heavy atom. The predicted molar refractivity (Wildman–Crippen MR) is 70.5 cm³/mol. The van der Waals surface area contributed by atoms with Crippen LogP contribution in [0, 0.1) is 0 Å². The van der Waals surface area contributed by atoms with Crippen LogP contribution in [0.25, 0.3) is 0 Å². The van der Waals surface area contributed by atoms with Crippen molar-refractivity contribution in [3.63, 3.8) is 0 Å². The summed E-state index contributed by atoms with van der Waals surface area (Å²) in [5, 5.41) is 12.5. The normalized spacial score (nSPS) is 11.4. The van der Waals surface area contributed by atoms with Gasteiger partial charge in [-0.05, 0) is 11.6 Å². The lowest BCUT2D eigenvalue weighted by Gasteiger charge is -2.03. The van der Waals surface area contributed by atoms with Gasteiger partial charge < -0.3 is 10.9 Å². The van der Waals surface area contributed by atoms with Crippen LogP contribution in [0.1, 0.15) is 11.1 Å². The Balaban J connectivity index is 2.06. The molecule has 5 nitrogen and oxygen atoms in total. The van der Waals surface area contributed by atoms with Crippen LogP contribution in [0.3, 0.4) is 0 Å². The lowest BCUT2D eigenvalue weighted by atomic mass is 10.1. The lowest BCUT2D eigenvalue weighted by Crippen LogP contribution is -2.13. The van der Waals surface area contributed by atoms with Crippen molar-refractivity contribution >= 4 is 17.6 Å². The van der Waals surface area contributed by atoms with Gasteiger partial charge in [0, 0.05) is 23.7 Å². The van der Waals surface area contributed by atoms with Gasteiger partial charge in [0.05, 0.1) is 6.20 Å². The number of hydrogen-bond acceptors (Lipinski definition) is 5. The molecule has 0 aliphatic rings. The van der Waals surface area contributed by atoms with Gasteiger partial charge in [0.2, 0.25) is 0 Å². The first-order valence-corrected chi connectivity index (χ1v) is 6.24. The Morgan fingerprint density at radius 2 is 2.28 bits per heavy atom. The Morgan fingerprint density at radius 3 is 3.00 bits per heavy atom. The summed E-state index contributed by atoms with van der Waals surface area (Å²) < 4.78 is 0. The molecule has 18 heavy (non-hydrogen) atoms. The highest BCUT2D eigenvalue weighted by Crippen LogP contribution is 2.20. The number of aromatic nitrogens is 2. The van der Waals surface area contributed by atoms with Crippen molar-refractivity contribution in [3.05, 3.63) is 54.0 Å². The number of nitrogens with two attached hydrogens (primary N) is 1. The van der Waals surface area contributed by atoms with E-state index in [-0.39, 0.29) is 5.84 Å². The zero-order valence-electron chi connectivity index (χ0n) is 9.52. The molecule has 0 unspecified atom stereocenters. The van der Waals surface area contributed by atoms with E-state index in [0.29, 0.717) is 5.56 Å². The molecular weight excluding hydrogens is 248 g/mol. The van der Waals surface area contributed by atoms with E-state index in [1.807, 2.05) is 18.2 Å². The van der Waals surface area contributed by atoms with Gasteiger partial charge in [0.25, 0.3) is 0 Å². The topological polar surface area (TPSA) is 84.4 Å². The van der Waals surface area contributed by atoms with Crippen LogP contribution in [-0.4, -0.2) is 21.0 Å². The molecule has 1 aromatic carbocycles. The monoisotopic (exact) mass is 260 g/mol. The highest BCUT2D eigenvalue weighted by Gasteiger charge is 2.02. The molecular formula is C12H12N4OS. The largest absolute Gasteiger partial charge is 0.409 e. The van der Waals surface area contributed by atoms with E-state index in [1.165, 1.54) is 0 Å². The summed E-state index contributed by atoms with van der Waals surface area (Å²) in [7, 11) is 0. The number of rotatable bonds is 4. The summed E-state index contributed by atoms with van der Waals surface area (Å²) in [6.45, 7) is 0. The molecule has 2 aromatic rings. The average Bonchev–Trinajstić information content (AvgIpc) is 2.45. The van der Waals surface area contributed by atoms with Gasteiger partial charge in [0.1, 0.15) is 5.03 Å². The van der Waals surface area contributed by atoms with Crippen molar-refractivity contribution in [3.8, 4) is 0 Å². The third-order valence-electron chi connectivity index (χ3n) is 2.26. The highest BCUT2D eigenvalue weighted by atomic mass is 32.2. The van der Waals surface area contributed by atoms with Gasteiger partial charge in [0.15, 0.2) is 5.84 Å². The fourth-order valence-electron chi connectivity index (χ4n) is 1.40. The number of hydrogen-bond donors (Lipinski definition) is 2. The van der Waals surface area contributed by atoms with Crippen LogP contribution in [0.5, 0.6) is 0 Å². The first kappa shape index (κ1) is 12.4. The zero-order valence-corrected chi connectivity index (χ0v) is 10.3. The summed E-state index contributed by atoms with van der Waals surface area (Å²) in [6.07, 6.45) is 5.02. The van der Waals surface area contributed by atoms with E-state index in [4.69, 9.17) is 10.9 Å². The van der Waals surface area contributed by atoms with Crippen molar-refractivity contribution < 1.29 is 5.21 Å². The molecule has 6 heteroatoms. The van der Waals surface area contributed by atoms with Crippen LogP contribution >= 0.6 is 11.8 Å². The Bertz CT molecular complexity index is 545. The molecule has 0 fully saturated rings. The SMILES string of the molecule is NC(=NO)c1cccc(CSc2cnccn2)c1. The van der Waals surface area contributed by atoms with Crippen molar-refractivity contribution in [2.24, 2.45) is 10.9 Å². The van der Waals surface area contributed by atoms with E-state index in [9.17, 15) is 0 Å². The molecule has 3 N–H and O–H groups in total. The fourth-order valence-corrected chi connectivity index (χ4v) is 2.16. The van der Waals surface area contributed by atoms with Crippen LogP contribution < -0.4 is 5.73 Å². The van der Waals surface area contributed by atoms with Gasteiger partial charge in [-0.25, -0.2) is 4.98 Å². The van der Waals surface area contributed by atoms with Crippen molar-refractivity contribution in [2.75, 3.05) is 0 Å². The molecule has 0 spiro atoms. The summed E-state index contributed by atoms with van der Waals surface area (Å²) in [5.41, 5.74) is 7.32. The van der Waals surface area contributed by atoms with Crippen LogP contribution in [-0.2, 0) is 5.75 Å². The Labute approximate surface area is 109 Å². The van der Waals surface area contributed by atoms with E-state index >= 15 is 0 Å². The molecule has 1 heterocycles. The molecule has 0 radical (unpaired) electrons. The lowest BCUT2D eigenvalue weighted by molar-refractivity contribution is 0.318. The van der Waals surface area contributed by atoms with Gasteiger partial charge in [-0.1, -0.05) is 23.4 Å². The summed E-state index contributed by atoms with van der Waals surface area (Å²) in [5.74, 6) is 0.868. The maximum Gasteiger partial charge on any atom is 0.170 e. The van der Waals surface area contributed by atoms with Gasteiger partial charge in [-0.2, -0.15) is 0 Å². The summed E-state index contributed by atoms with van der Waals surface area (Å²) >= 11 is 1.58. The van der Waals surface area contributed by atoms with Gasteiger partial charge in [-0.15, -0.1) is 11.8 Å². The average molecular weight is 260 g/mol. The minimum Gasteiger partial charge on any atom is -0.409 e. The standard InChI is InChI=1S/C12H12N4OS/c13-12(16-17)10-3-1-2-9(6-10)8-18-11-7-14-4-5-15-11/h1-7,17H,8H2,(H2,13,16). The first-order chi connectivity index (χ1) is 8.79. The molecule has 92 valence electrons. The first-order valence-electron chi connectivity index (χ1n) is 5.25. The molecule has 2 rings (SSSR count). The van der Waals surface area contributed by atoms with E-state index in [1.54, 1.807) is 36.4 Å². The van der Waals surface area contributed by atoms with E-state index in [0.717, 1.165) is 16.3 Å². The molecule has 0 aliphatic heterocycles.